The predicted molar refractivity (Wildman–Crippen MR) is 63.7 cm³/mol. The van der Waals surface area contributed by atoms with Crippen LogP contribution in [0.25, 0.3) is 0 Å². The van der Waals surface area contributed by atoms with Crippen molar-refractivity contribution >= 4 is 21.9 Å². The third-order valence-corrected chi connectivity index (χ3v) is 3.02. The predicted octanol–water partition coefficient (Wildman–Crippen LogP) is 1.21. The van der Waals surface area contributed by atoms with E-state index in [2.05, 4.69) is 25.9 Å². The zero-order chi connectivity index (χ0) is 11.5. The highest BCUT2D eigenvalue weighted by Crippen LogP contribution is 2.31. The first-order chi connectivity index (χ1) is 7.76. The first-order valence-electron chi connectivity index (χ1n) is 5.20. The molecular weight excluding hydrogens is 274 g/mol. The minimum Gasteiger partial charge on any atom is -0.480 e. The topological polar surface area (TPSA) is 58.5 Å². The molecule has 1 aliphatic carbocycles. The minimum atomic E-state index is 0.109. The van der Waals surface area contributed by atoms with Gasteiger partial charge in [0.05, 0.1) is 24.4 Å². The van der Waals surface area contributed by atoms with E-state index in [-0.39, 0.29) is 6.61 Å². The Bertz CT molecular complexity index is 371. The first-order valence-corrected chi connectivity index (χ1v) is 5.99. The van der Waals surface area contributed by atoms with E-state index in [4.69, 9.17) is 9.84 Å². The van der Waals surface area contributed by atoms with Gasteiger partial charge in [-0.1, -0.05) is 0 Å². The highest BCUT2D eigenvalue weighted by Gasteiger charge is 2.30. The van der Waals surface area contributed by atoms with Crippen LogP contribution in [0, 0.1) is 0 Å². The minimum absolute atomic E-state index is 0.109. The molecule has 0 radical (unpaired) electrons. The molecule has 5 nitrogen and oxygen atoms in total. The Morgan fingerprint density at radius 3 is 2.94 bits per heavy atom. The molecule has 0 saturated heterocycles. The summed E-state index contributed by atoms with van der Waals surface area (Å²) in [5.74, 6) is 1.14. The van der Waals surface area contributed by atoms with Crippen LogP contribution in [-0.4, -0.2) is 41.4 Å². The van der Waals surface area contributed by atoms with Crippen LogP contribution in [-0.2, 0) is 0 Å². The number of hydrogen-bond donors (Lipinski definition) is 1. The molecule has 6 heteroatoms. The Hall–Kier alpha value is -0.880. The number of aliphatic hydroxyl groups is 1. The summed E-state index contributed by atoms with van der Waals surface area (Å²) in [7, 11) is 1.57. The molecule has 0 unspecified atom stereocenters. The van der Waals surface area contributed by atoms with Crippen LogP contribution in [0.4, 0.5) is 5.95 Å². The van der Waals surface area contributed by atoms with E-state index in [1.165, 1.54) is 0 Å². The van der Waals surface area contributed by atoms with Crippen LogP contribution in [0.1, 0.15) is 12.8 Å². The number of nitrogens with zero attached hydrogens (tertiary/aromatic N) is 3. The monoisotopic (exact) mass is 287 g/mol. The number of methoxy groups -OCH3 is 1. The summed E-state index contributed by atoms with van der Waals surface area (Å²) in [6.07, 6.45) is 3.96. The highest BCUT2D eigenvalue weighted by molar-refractivity contribution is 9.10. The number of aliphatic hydroxyl groups excluding tert-OH is 1. The zero-order valence-corrected chi connectivity index (χ0v) is 10.6. The molecule has 0 amide bonds. The molecule has 1 aromatic heterocycles. The van der Waals surface area contributed by atoms with E-state index in [0.717, 1.165) is 17.3 Å². The molecule has 2 rings (SSSR count). The quantitative estimate of drug-likeness (QED) is 0.882. The number of aromatic nitrogens is 2. The van der Waals surface area contributed by atoms with Crippen LogP contribution in [0.5, 0.6) is 5.88 Å². The van der Waals surface area contributed by atoms with E-state index >= 15 is 0 Å². The Morgan fingerprint density at radius 1 is 1.62 bits per heavy atom. The van der Waals surface area contributed by atoms with Crippen molar-refractivity contribution in [2.75, 3.05) is 25.2 Å². The van der Waals surface area contributed by atoms with Gasteiger partial charge in [0.2, 0.25) is 11.8 Å². The summed E-state index contributed by atoms with van der Waals surface area (Å²) in [5, 5.41) is 9.02. The van der Waals surface area contributed by atoms with Crippen LogP contribution < -0.4 is 9.64 Å². The van der Waals surface area contributed by atoms with Gasteiger partial charge in [0, 0.05) is 12.6 Å². The number of hydrogen-bond acceptors (Lipinski definition) is 5. The number of anilines is 1. The van der Waals surface area contributed by atoms with Gasteiger partial charge in [-0.2, -0.15) is 4.98 Å². The van der Waals surface area contributed by atoms with Gasteiger partial charge >= 0.3 is 0 Å². The lowest BCUT2D eigenvalue weighted by atomic mass is 10.5. The molecule has 0 atom stereocenters. The normalized spacial score (nSPS) is 14.9. The Morgan fingerprint density at radius 2 is 2.38 bits per heavy atom. The van der Waals surface area contributed by atoms with E-state index in [1.807, 2.05) is 4.90 Å². The molecule has 16 heavy (non-hydrogen) atoms. The molecule has 1 saturated carbocycles. The highest BCUT2D eigenvalue weighted by atomic mass is 79.9. The molecule has 1 aromatic rings. The fourth-order valence-corrected chi connectivity index (χ4v) is 1.92. The van der Waals surface area contributed by atoms with Crippen molar-refractivity contribution < 1.29 is 9.84 Å². The van der Waals surface area contributed by atoms with Crippen LogP contribution in [0.2, 0.25) is 0 Å². The summed E-state index contributed by atoms with van der Waals surface area (Å²) in [6.45, 7) is 0.674. The zero-order valence-electron chi connectivity index (χ0n) is 9.06. The van der Waals surface area contributed by atoms with Crippen LogP contribution in [0.15, 0.2) is 10.7 Å². The molecule has 0 aliphatic heterocycles. The van der Waals surface area contributed by atoms with E-state index in [9.17, 15) is 0 Å². The summed E-state index contributed by atoms with van der Waals surface area (Å²) >= 11 is 3.31. The lowest BCUT2D eigenvalue weighted by molar-refractivity contribution is 0.300. The second-order valence-corrected chi connectivity index (χ2v) is 4.53. The largest absolute Gasteiger partial charge is 0.480 e. The van der Waals surface area contributed by atoms with E-state index in [1.54, 1.807) is 13.3 Å². The van der Waals surface area contributed by atoms with Crippen molar-refractivity contribution in [1.82, 2.24) is 9.97 Å². The molecule has 88 valence electrons. The van der Waals surface area contributed by atoms with Gasteiger partial charge in [-0.15, -0.1) is 0 Å². The van der Waals surface area contributed by atoms with Gasteiger partial charge in [-0.25, -0.2) is 4.98 Å². The van der Waals surface area contributed by atoms with Crippen molar-refractivity contribution in [2.45, 2.75) is 18.9 Å². The van der Waals surface area contributed by atoms with Crippen molar-refractivity contribution in [3.8, 4) is 5.88 Å². The smallest absolute Gasteiger partial charge is 0.232 e. The summed E-state index contributed by atoms with van der Waals surface area (Å²) in [5.41, 5.74) is 0. The van der Waals surface area contributed by atoms with Crippen LogP contribution >= 0.6 is 15.9 Å². The molecule has 1 N–H and O–H groups in total. The van der Waals surface area contributed by atoms with Gasteiger partial charge < -0.3 is 14.7 Å². The standard InChI is InChI=1S/C10H14BrN3O2/c1-16-9-8(11)6-12-10(13-9)14(4-5-15)7-2-3-7/h6-7,15H,2-5H2,1H3. The van der Waals surface area contributed by atoms with Gasteiger partial charge in [0.1, 0.15) is 0 Å². The van der Waals surface area contributed by atoms with Crippen molar-refractivity contribution in [3.63, 3.8) is 0 Å². The average Bonchev–Trinajstić information content (AvgIpc) is 3.11. The molecule has 0 aromatic carbocycles. The maximum atomic E-state index is 9.02. The van der Waals surface area contributed by atoms with Gasteiger partial charge in [-0.3, -0.25) is 0 Å². The average molecular weight is 288 g/mol. The molecule has 1 fully saturated rings. The summed E-state index contributed by atoms with van der Waals surface area (Å²) in [6, 6.07) is 0.470. The Kier molecular flexibility index (Phi) is 3.60. The Labute approximate surface area is 103 Å². The van der Waals surface area contributed by atoms with Gasteiger partial charge in [0.25, 0.3) is 0 Å². The third kappa shape index (κ3) is 2.44. The SMILES string of the molecule is COc1nc(N(CCO)C2CC2)ncc1Br. The fourth-order valence-electron chi connectivity index (χ4n) is 1.56. The summed E-state index contributed by atoms with van der Waals surface area (Å²) in [4.78, 5) is 10.6. The second kappa shape index (κ2) is 4.97. The molecule has 0 spiro atoms. The maximum absolute atomic E-state index is 9.02. The van der Waals surface area contributed by atoms with E-state index < -0.39 is 0 Å². The van der Waals surface area contributed by atoms with Crippen LogP contribution in [0.3, 0.4) is 0 Å². The lowest BCUT2D eigenvalue weighted by Gasteiger charge is -2.21. The number of ether oxygens (including phenoxy) is 1. The summed E-state index contributed by atoms with van der Waals surface area (Å²) < 4.78 is 5.86. The first kappa shape index (κ1) is 11.6. The van der Waals surface area contributed by atoms with E-state index in [0.29, 0.717) is 24.4 Å². The fraction of sp³-hybridized carbons (Fsp3) is 0.600. The van der Waals surface area contributed by atoms with Crippen molar-refractivity contribution in [2.24, 2.45) is 0 Å². The second-order valence-electron chi connectivity index (χ2n) is 3.68. The Balaban J connectivity index is 2.23. The van der Waals surface area contributed by atoms with Crippen molar-refractivity contribution in [1.29, 1.82) is 0 Å². The molecular formula is C10H14BrN3O2. The maximum Gasteiger partial charge on any atom is 0.232 e. The molecule has 0 bridgehead atoms. The van der Waals surface area contributed by atoms with Gasteiger partial charge in [0.15, 0.2) is 0 Å². The van der Waals surface area contributed by atoms with Crippen molar-refractivity contribution in [3.05, 3.63) is 10.7 Å². The number of rotatable bonds is 5. The van der Waals surface area contributed by atoms with Gasteiger partial charge in [-0.05, 0) is 28.8 Å². The molecule has 1 aliphatic rings. The third-order valence-electron chi connectivity index (χ3n) is 2.48. The molecule has 1 heterocycles. The lowest BCUT2D eigenvalue weighted by Crippen LogP contribution is -2.30. The number of halogens is 1.